The molecule has 0 aliphatic carbocycles. The van der Waals surface area contributed by atoms with Gasteiger partial charge in [0.05, 0.1) is 18.8 Å². The average molecular weight is 472 g/mol. The third-order valence-corrected chi connectivity index (χ3v) is 6.02. The van der Waals surface area contributed by atoms with Crippen LogP contribution in [0.5, 0.6) is 0 Å². The van der Waals surface area contributed by atoms with Gasteiger partial charge in [-0.1, -0.05) is 0 Å². The summed E-state index contributed by atoms with van der Waals surface area (Å²) >= 11 is 0. The molecule has 0 radical (unpaired) electrons. The largest absolute Gasteiger partial charge is 0.394 e. The molecule has 0 bridgehead atoms. The fraction of sp³-hybridized carbons (Fsp3) is 1.00. The molecular weight excluding hydrogens is 440 g/mol. The molecule has 0 aromatic rings. The van der Waals surface area contributed by atoms with Gasteiger partial charge in [-0.2, -0.15) is 0 Å². The lowest BCUT2D eigenvalue weighted by Gasteiger charge is -2.47. The zero-order valence-corrected chi connectivity index (χ0v) is 17.4. The summed E-state index contributed by atoms with van der Waals surface area (Å²) in [6, 6.07) is 0. The first-order valence-corrected chi connectivity index (χ1v) is 10.3. The maximum Gasteiger partial charge on any atom is 0.187 e. The van der Waals surface area contributed by atoms with Crippen molar-refractivity contribution >= 4 is 0 Å². The monoisotopic (exact) mass is 472 g/mol. The van der Waals surface area contributed by atoms with Gasteiger partial charge in [0.1, 0.15) is 61.0 Å². The van der Waals surface area contributed by atoms with Crippen LogP contribution in [0.15, 0.2) is 0 Å². The van der Waals surface area contributed by atoms with E-state index in [-0.39, 0.29) is 0 Å². The molecule has 32 heavy (non-hydrogen) atoms. The predicted molar refractivity (Wildman–Crippen MR) is 98.4 cm³/mol. The number of hydrogen-bond donors (Lipinski definition) is 9. The van der Waals surface area contributed by atoms with Crippen molar-refractivity contribution in [3.8, 4) is 0 Å². The number of hydrogen-bond acceptors (Lipinski definition) is 14. The van der Waals surface area contributed by atoms with Crippen molar-refractivity contribution in [1.82, 2.24) is 0 Å². The third-order valence-electron chi connectivity index (χ3n) is 6.02. The van der Waals surface area contributed by atoms with Gasteiger partial charge in [0.25, 0.3) is 0 Å². The SMILES string of the molecule is C[C@@H]1O[C@@H](O)[C@H](O[C@@H]2O[C@@H](C)[C@H](O)[C@@H](O[C@@H]3O[C@H](CO)[C@@H](O)[C@H](O)[C@H]3O)[C@H]2O)[C@H](O)[C@H]1O. The van der Waals surface area contributed by atoms with E-state index in [0.717, 1.165) is 0 Å². The Morgan fingerprint density at radius 3 is 1.75 bits per heavy atom. The first-order valence-electron chi connectivity index (χ1n) is 10.3. The maximum absolute atomic E-state index is 10.7. The van der Waals surface area contributed by atoms with E-state index in [4.69, 9.17) is 23.7 Å². The highest BCUT2D eigenvalue weighted by atomic mass is 16.7. The van der Waals surface area contributed by atoms with E-state index < -0.39 is 98.7 Å². The van der Waals surface area contributed by atoms with Crippen molar-refractivity contribution < 1.29 is 69.6 Å². The molecule has 188 valence electrons. The number of ether oxygens (including phenoxy) is 5. The Morgan fingerprint density at radius 2 is 1.12 bits per heavy atom. The molecule has 0 amide bonds. The summed E-state index contributed by atoms with van der Waals surface area (Å²) in [5.41, 5.74) is 0. The smallest absolute Gasteiger partial charge is 0.187 e. The Kier molecular flexibility index (Phi) is 8.44. The summed E-state index contributed by atoms with van der Waals surface area (Å²) in [7, 11) is 0. The molecule has 0 aromatic carbocycles. The summed E-state index contributed by atoms with van der Waals surface area (Å²) < 4.78 is 26.7. The summed E-state index contributed by atoms with van der Waals surface area (Å²) in [5.74, 6) is 0. The van der Waals surface area contributed by atoms with Crippen LogP contribution < -0.4 is 0 Å². The Bertz CT molecular complexity index is 608. The van der Waals surface area contributed by atoms with Crippen molar-refractivity contribution in [3.05, 3.63) is 0 Å². The molecule has 3 fully saturated rings. The minimum Gasteiger partial charge on any atom is -0.394 e. The standard InChI is InChI=1S/C18H32O14/c1-4-7(20)11(24)15(16(27)28-4)32-18-13(26)14(8(21)5(2)29-18)31-17-12(25)10(23)9(22)6(3-19)30-17/h4-27H,3H2,1-2H3/t4-,5-,6+,7-,8-,9+,10-,11+,12+,13+,14+,15+,16+,17-,18-/m0/s1. The van der Waals surface area contributed by atoms with E-state index in [1.54, 1.807) is 0 Å². The summed E-state index contributed by atoms with van der Waals surface area (Å²) in [5, 5.41) is 90.7. The second-order valence-electron chi connectivity index (χ2n) is 8.30. The van der Waals surface area contributed by atoms with Crippen LogP contribution in [0.1, 0.15) is 13.8 Å². The van der Waals surface area contributed by atoms with Crippen LogP contribution in [-0.4, -0.2) is 145 Å². The summed E-state index contributed by atoms with van der Waals surface area (Å²) in [6.45, 7) is 2.14. The van der Waals surface area contributed by atoms with Gasteiger partial charge in [-0.25, -0.2) is 0 Å². The van der Waals surface area contributed by atoms with Crippen molar-refractivity contribution in [2.24, 2.45) is 0 Å². The van der Waals surface area contributed by atoms with E-state index >= 15 is 0 Å². The van der Waals surface area contributed by atoms with E-state index in [1.807, 2.05) is 0 Å². The van der Waals surface area contributed by atoms with Crippen LogP contribution >= 0.6 is 0 Å². The van der Waals surface area contributed by atoms with Crippen molar-refractivity contribution in [1.29, 1.82) is 0 Å². The van der Waals surface area contributed by atoms with Gasteiger partial charge >= 0.3 is 0 Å². The van der Waals surface area contributed by atoms with Crippen LogP contribution in [0.3, 0.4) is 0 Å². The maximum atomic E-state index is 10.7. The lowest BCUT2D eigenvalue weighted by Crippen LogP contribution is -2.65. The van der Waals surface area contributed by atoms with Gasteiger partial charge in [-0.3, -0.25) is 0 Å². The van der Waals surface area contributed by atoms with Gasteiger partial charge in [0, 0.05) is 0 Å². The number of rotatable bonds is 5. The normalized spacial score (nSPS) is 55.0. The number of aliphatic hydroxyl groups is 9. The van der Waals surface area contributed by atoms with Gasteiger partial charge in [-0.15, -0.1) is 0 Å². The Labute approximate surface area is 183 Å². The van der Waals surface area contributed by atoms with Crippen molar-refractivity contribution in [2.75, 3.05) is 6.61 Å². The summed E-state index contributed by atoms with van der Waals surface area (Å²) in [4.78, 5) is 0. The number of aliphatic hydroxyl groups excluding tert-OH is 9. The second kappa shape index (κ2) is 10.4. The highest BCUT2D eigenvalue weighted by Crippen LogP contribution is 2.31. The predicted octanol–water partition coefficient (Wildman–Crippen LogP) is -5.52. The topological polar surface area (TPSA) is 228 Å². The molecule has 14 heteroatoms. The lowest BCUT2D eigenvalue weighted by molar-refractivity contribution is -0.378. The van der Waals surface area contributed by atoms with Crippen LogP contribution in [0.2, 0.25) is 0 Å². The molecule has 0 saturated carbocycles. The molecule has 9 N–H and O–H groups in total. The fourth-order valence-corrected chi connectivity index (χ4v) is 3.93. The molecule has 3 saturated heterocycles. The second-order valence-corrected chi connectivity index (χ2v) is 8.30. The van der Waals surface area contributed by atoms with E-state index in [9.17, 15) is 46.0 Å². The zero-order chi connectivity index (χ0) is 23.9. The Morgan fingerprint density at radius 1 is 0.562 bits per heavy atom. The Balaban J connectivity index is 1.73. The molecule has 0 aromatic heterocycles. The van der Waals surface area contributed by atoms with Crippen LogP contribution in [0.4, 0.5) is 0 Å². The van der Waals surface area contributed by atoms with Crippen molar-refractivity contribution in [3.63, 3.8) is 0 Å². The molecule has 3 aliphatic heterocycles. The molecule has 15 atom stereocenters. The van der Waals surface area contributed by atoms with Gasteiger partial charge < -0.3 is 69.6 Å². The molecule has 14 nitrogen and oxygen atoms in total. The lowest BCUT2D eigenvalue weighted by atomic mass is 9.96. The molecule has 3 aliphatic rings. The highest BCUT2D eigenvalue weighted by molar-refractivity contribution is 4.95. The minimum absolute atomic E-state index is 0.704. The Hall–Kier alpha value is -0.560. The van der Waals surface area contributed by atoms with E-state index in [2.05, 4.69) is 0 Å². The van der Waals surface area contributed by atoms with Crippen LogP contribution in [0, 0.1) is 0 Å². The van der Waals surface area contributed by atoms with Crippen LogP contribution in [-0.2, 0) is 23.7 Å². The van der Waals surface area contributed by atoms with Gasteiger partial charge in [0.15, 0.2) is 18.9 Å². The van der Waals surface area contributed by atoms with E-state index in [0.29, 0.717) is 0 Å². The first-order chi connectivity index (χ1) is 15.0. The van der Waals surface area contributed by atoms with Gasteiger partial charge in [0.2, 0.25) is 0 Å². The van der Waals surface area contributed by atoms with Crippen LogP contribution in [0.25, 0.3) is 0 Å². The molecule has 3 rings (SSSR count). The minimum atomic E-state index is -1.78. The highest BCUT2D eigenvalue weighted by Gasteiger charge is 2.52. The summed E-state index contributed by atoms with van der Waals surface area (Å²) in [6.07, 6.45) is -22.5. The van der Waals surface area contributed by atoms with Crippen molar-refractivity contribution in [2.45, 2.75) is 106 Å². The molecule has 3 heterocycles. The third kappa shape index (κ3) is 4.94. The zero-order valence-electron chi connectivity index (χ0n) is 17.4. The first kappa shape index (κ1) is 26.1. The van der Waals surface area contributed by atoms with E-state index in [1.165, 1.54) is 13.8 Å². The molecular formula is C18H32O14. The molecule has 0 spiro atoms. The molecule has 0 unspecified atom stereocenters. The fourth-order valence-electron chi connectivity index (χ4n) is 3.93. The average Bonchev–Trinajstić information content (AvgIpc) is 2.75. The quantitative estimate of drug-likeness (QED) is 0.182. The van der Waals surface area contributed by atoms with Gasteiger partial charge in [-0.05, 0) is 13.8 Å².